The van der Waals surface area contributed by atoms with E-state index >= 15 is 0 Å². The van der Waals surface area contributed by atoms with Crippen LogP contribution >= 0.6 is 0 Å². The van der Waals surface area contributed by atoms with Gasteiger partial charge in [-0.1, -0.05) is 13.8 Å². The largest absolute Gasteiger partial charge is 0.491 e. The van der Waals surface area contributed by atoms with Crippen LogP contribution < -0.4 is 4.74 Å². The molecule has 0 aliphatic carbocycles. The highest BCUT2D eigenvalue weighted by atomic mass is 19.1. The van der Waals surface area contributed by atoms with Gasteiger partial charge in [-0.3, -0.25) is 0 Å². The smallest absolute Gasteiger partial charge is 0.132 e. The Hall–Kier alpha value is -1.13. The van der Waals surface area contributed by atoms with E-state index in [0.29, 0.717) is 24.9 Å². The second kappa shape index (κ2) is 8.12. The molecule has 0 heterocycles. The van der Waals surface area contributed by atoms with Gasteiger partial charge in [0.25, 0.3) is 0 Å². The molecule has 3 nitrogen and oxygen atoms in total. The number of halogens is 1. The number of aliphatic hydroxyl groups is 1. The quantitative estimate of drug-likeness (QED) is 0.736. The summed E-state index contributed by atoms with van der Waals surface area (Å²) in [5.74, 6) is 0.630. The van der Waals surface area contributed by atoms with E-state index in [2.05, 4.69) is 13.8 Å². The fourth-order valence-electron chi connectivity index (χ4n) is 1.58. The first-order chi connectivity index (χ1) is 9.00. The summed E-state index contributed by atoms with van der Waals surface area (Å²) in [6.45, 7) is 7.43. The number of rotatable bonds is 8. The van der Waals surface area contributed by atoms with E-state index in [9.17, 15) is 9.50 Å². The third kappa shape index (κ3) is 6.03. The average Bonchev–Trinajstić information content (AvgIpc) is 2.32. The van der Waals surface area contributed by atoms with Crippen LogP contribution in [0.15, 0.2) is 18.2 Å². The summed E-state index contributed by atoms with van der Waals surface area (Å²) < 4.78 is 24.3. The van der Waals surface area contributed by atoms with Crippen LogP contribution in [0.4, 0.5) is 4.39 Å². The van der Waals surface area contributed by atoms with Crippen molar-refractivity contribution >= 4 is 0 Å². The van der Waals surface area contributed by atoms with Crippen molar-refractivity contribution < 1.29 is 19.0 Å². The molecule has 1 rings (SSSR count). The van der Waals surface area contributed by atoms with E-state index in [0.717, 1.165) is 13.0 Å². The molecular formula is C15H23FO3. The maximum atomic E-state index is 13.5. The van der Waals surface area contributed by atoms with Gasteiger partial charge in [0, 0.05) is 18.2 Å². The van der Waals surface area contributed by atoms with Crippen LogP contribution in [0.5, 0.6) is 5.75 Å². The van der Waals surface area contributed by atoms with Gasteiger partial charge in [-0.2, -0.15) is 0 Å². The van der Waals surface area contributed by atoms with E-state index in [1.54, 1.807) is 6.07 Å². The van der Waals surface area contributed by atoms with Crippen LogP contribution in [0.2, 0.25) is 0 Å². The van der Waals surface area contributed by atoms with Gasteiger partial charge < -0.3 is 14.6 Å². The predicted octanol–water partition coefficient (Wildman–Crippen LogP) is 3.32. The molecule has 0 spiro atoms. The zero-order chi connectivity index (χ0) is 14.3. The highest BCUT2D eigenvalue weighted by molar-refractivity contribution is 5.29. The molecule has 1 aromatic rings. The third-order valence-corrected chi connectivity index (χ3v) is 2.76. The normalized spacial score (nSPS) is 12.7. The number of aliphatic hydroxyl groups excluding tert-OH is 1. The van der Waals surface area contributed by atoms with Crippen molar-refractivity contribution in [3.63, 3.8) is 0 Å². The number of hydrogen-bond acceptors (Lipinski definition) is 3. The van der Waals surface area contributed by atoms with Gasteiger partial charge in [-0.25, -0.2) is 4.39 Å². The third-order valence-electron chi connectivity index (χ3n) is 2.76. The molecule has 0 aromatic heterocycles. The summed E-state index contributed by atoms with van der Waals surface area (Å²) in [7, 11) is 0. The lowest BCUT2D eigenvalue weighted by molar-refractivity contribution is 0.0924. The molecule has 0 saturated carbocycles. The van der Waals surface area contributed by atoms with Gasteiger partial charge in [0.1, 0.15) is 18.2 Å². The Morgan fingerprint density at radius 3 is 2.47 bits per heavy atom. The Labute approximate surface area is 114 Å². The van der Waals surface area contributed by atoms with Gasteiger partial charge in [-0.05, 0) is 31.4 Å². The molecule has 0 aliphatic heterocycles. The summed E-state index contributed by atoms with van der Waals surface area (Å²) in [5, 5.41) is 9.31. The Morgan fingerprint density at radius 1 is 1.16 bits per heavy atom. The van der Waals surface area contributed by atoms with Gasteiger partial charge in [-0.15, -0.1) is 0 Å². The monoisotopic (exact) mass is 270 g/mol. The highest BCUT2D eigenvalue weighted by Gasteiger charge is 2.08. The Bertz CT molecular complexity index is 378. The van der Waals surface area contributed by atoms with E-state index in [1.807, 2.05) is 0 Å². The van der Waals surface area contributed by atoms with Gasteiger partial charge in [0.2, 0.25) is 0 Å². The maximum Gasteiger partial charge on any atom is 0.132 e. The van der Waals surface area contributed by atoms with Crippen LogP contribution in [0.25, 0.3) is 0 Å². The first kappa shape index (κ1) is 15.9. The Kier molecular flexibility index (Phi) is 6.81. The molecule has 0 bridgehead atoms. The second-order valence-corrected chi connectivity index (χ2v) is 5.00. The molecule has 0 unspecified atom stereocenters. The molecule has 19 heavy (non-hydrogen) atoms. The van der Waals surface area contributed by atoms with Gasteiger partial charge in [0.15, 0.2) is 0 Å². The van der Waals surface area contributed by atoms with Gasteiger partial charge in [0.05, 0.1) is 12.7 Å². The van der Waals surface area contributed by atoms with E-state index in [4.69, 9.17) is 9.47 Å². The standard InChI is InChI=1S/C15H23FO3/c1-11(2)6-7-18-8-9-19-13-4-5-14(12(3)17)15(16)10-13/h4-5,10-12,17H,6-9H2,1-3H3/t12-/m1/s1. The van der Waals surface area contributed by atoms with E-state index in [1.165, 1.54) is 19.1 Å². The lowest BCUT2D eigenvalue weighted by atomic mass is 10.1. The van der Waals surface area contributed by atoms with Crippen LogP contribution in [-0.2, 0) is 4.74 Å². The van der Waals surface area contributed by atoms with Crippen LogP contribution in [0.3, 0.4) is 0 Å². The predicted molar refractivity (Wildman–Crippen MR) is 72.8 cm³/mol. The fraction of sp³-hybridized carbons (Fsp3) is 0.600. The molecule has 0 saturated heterocycles. The summed E-state index contributed by atoms with van der Waals surface area (Å²) in [4.78, 5) is 0. The van der Waals surface area contributed by atoms with Crippen molar-refractivity contribution in [2.75, 3.05) is 19.8 Å². The number of benzene rings is 1. The lowest BCUT2D eigenvalue weighted by Gasteiger charge is -2.10. The first-order valence-electron chi connectivity index (χ1n) is 6.68. The fourth-order valence-corrected chi connectivity index (χ4v) is 1.58. The van der Waals surface area contributed by atoms with Crippen LogP contribution in [-0.4, -0.2) is 24.9 Å². The molecular weight excluding hydrogens is 247 g/mol. The van der Waals surface area contributed by atoms with Crippen molar-refractivity contribution in [1.29, 1.82) is 0 Å². The zero-order valence-corrected chi connectivity index (χ0v) is 11.9. The Balaban J connectivity index is 2.28. The summed E-state index contributed by atoms with van der Waals surface area (Å²) in [5.41, 5.74) is 0.278. The zero-order valence-electron chi connectivity index (χ0n) is 11.9. The lowest BCUT2D eigenvalue weighted by Crippen LogP contribution is -2.09. The minimum absolute atomic E-state index is 0.278. The topological polar surface area (TPSA) is 38.7 Å². The van der Waals surface area contributed by atoms with Crippen molar-refractivity contribution in [2.45, 2.75) is 33.3 Å². The van der Waals surface area contributed by atoms with Crippen molar-refractivity contribution in [3.05, 3.63) is 29.6 Å². The number of ether oxygens (including phenoxy) is 2. The second-order valence-electron chi connectivity index (χ2n) is 5.00. The van der Waals surface area contributed by atoms with Crippen LogP contribution in [0.1, 0.15) is 38.9 Å². The maximum absolute atomic E-state index is 13.5. The van der Waals surface area contributed by atoms with Gasteiger partial charge >= 0.3 is 0 Å². The highest BCUT2D eigenvalue weighted by Crippen LogP contribution is 2.21. The summed E-state index contributed by atoms with van der Waals surface area (Å²) >= 11 is 0. The Morgan fingerprint density at radius 2 is 1.89 bits per heavy atom. The van der Waals surface area contributed by atoms with E-state index in [-0.39, 0.29) is 5.56 Å². The summed E-state index contributed by atoms with van der Waals surface area (Å²) in [6.07, 6.45) is 0.214. The average molecular weight is 270 g/mol. The molecule has 1 N–H and O–H groups in total. The number of hydrogen-bond donors (Lipinski definition) is 1. The molecule has 1 atom stereocenters. The molecule has 0 fully saturated rings. The first-order valence-corrected chi connectivity index (χ1v) is 6.68. The van der Waals surface area contributed by atoms with Crippen molar-refractivity contribution in [1.82, 2.24) is 0 Å². The van der Waals surface area contributed by atoms with Crippen LogP contribution in [0, 0.1) is 11.7 Å². The molecule has 0 amide bonds. The molecule has 0 aliphatic rings. The van der Waals surface area contributed by atoms with Crippen molar-refractivity contribution in [3.8, 4) is 5.75 Å². The SMILES string of the molecule is CC(C)CCOCCOc1ccc([C@@H](C)O)c(F)c1. The minimum Gasteiger partial charge on any atom is -0.491 e. The van der Waals surface area contributed by atoms with Crippen molar-refractivity contribution in [2.24, 2.45) is 5.92 Å². The summed E-state index contributed by atoms with van der Waals surface area (Å²) in [6, 6.07) is 4.48. The minimum atomic E-state index is -0.812. The molecule has 1 aromatic carbocycles. The molecule has 4 heteroatoms. The molecule has 0 radical (unpaired) electrons. The van der Waals surface area contributed by atoms with E-state index < -0.39 is 11.9 Å². The molecule has 108 valence electrons.